The van der Waals surface area contributed by atoms with Gasteiger partial charge in [-0.05, 0) is 47.8 Å². The molecule has 100 valence electrons. The van der Waals surface area contributed by atoms with Gasteiger partial charge in [0.2, 0.25) is 0 Å². The molecule has 3 atom stereocenters. The second-order valence-electron chi connectivity index (χ2n) is 7.38. The van der Waals surface area contributed by atoms with Crippen molar-refractivity contribution < 1.29 is 9.53 Å². The minimum Gasteiger partial charge on any atom is -0.466 e. The lowest BCUT2D eigenvalue weighted by Crippen LogP contribution is -2.47. The Hall–Kier alpha value is -0.790. The summed E-state index contributed by atoms with van der Waals surface area (Å²) in [5.41, 5.74) is 2.08. The van der Waals surface area contributed by atoms with Crippen LogP contribution in [0, 0.1) is 22.2 Å². The zero-order valence-electron chi connectivity index (χ0n) is 12.0. The molecule has 0 saturated heterocycles. The van der Waals surface area contributed by atoms with E-state index in [0.29, 0.717) is 22.2 Å². The van der Waals surface area contributed by atoms with Crippen molar-refractivity contribution in [2.24, 2.45) is 22.2 Å². The van der Waals surface area contributed by atoms with Crippen LogP contribution in [0.1, 0.15) is 52.9 Å². The molecule has 0 N–H and O–H groups in total. The first-order chi connectivity index (χ1) is 8.38. The van der Waals surface area contributed by atoms with Gasteiger partial charge in [-0.1, -0.05) is 33.3 Å². The molecule has 18 heavy (non-hydrogen) atoms. The molecule has 0 bridgehead atoms. The summed E-state index contributed by atoms with van der Waals surface area (Å²) in [5.74, 6) is 0.360. The van der Waals surface area contributed by atoms with Gasteiger partial charge < -0.3 is 4.74 Å². The van der Waals surface area contributed by atoms with Gasteiger partial charge in [-0.2, -0.15) is 0 Å². The first kappa shape index (κ1) is 12.3. The standard InChI is InChI=1S/C16H24O2/c1-14(2)7-5-8-15(3)9-6-11(13(17)18-4)12-10-16(12,14)15/h6,12H,5,7-10H2,1-4H3/t12-,15+,16-/m1/s1. The fourth-order valence-corrected chi connectivity index (χ4v) is 5.34. The number of carbonyl (C=O) groups is 1. The number of esters is 1. The molecule has 0 aliphatic heterocycles. The van der Waals surface area contributed by atoms with Crippen LogP contribution in [0.25, 0.3) is 0 Å². The SMILES string of the molecule is COC(=O)C1=CC[C@]2(C)CCCC(C)(C)[C@]23C[C@H]13. The summed E-state index contributed by atoms with van der Waals surface area (Å²) in [7, 11) is 1.50. The molecule has 3 aliphatic rings. The highest BCUT2D eigenvalue weighted by Gasteiger charge is 2.73. The minimum atomic E-state index is -0.0969. The van der Waals surface area contributed by atoms with Crippen LogP contribution in [0.15, 0.2) is 11.6 Å². The van der Waals surface area contributed by atoms with Crippen LogP contribution in [-0.4, -0.2) is 13.1 Å². The minimum absolute atomic E-state index is 0.0969. The van der Waals surface area contributed by atoms with Gasteiger partial charge in [-0.25, -0.2) is 4.79 Å². The number of carbonyl (C=O) groups excluding carboxylic acids is 1. The molecular weight excluding hydrogens is 224 g/mol. The number of methoxy groups -OCH3 is 1. The average molecular weight is 248 g/mol. The first-order valence-electron chi connectivity index (χ1n) is 7.16. The van der Waals surface area contributed by atoms with E-state index in [-0.39, 0.29) is 5.97 Å². The Morgan fingerprint density at radius 3 is 2.72 bits per heavy atom. The zero-order chi connectivity index (χ0) is 13.2. The fraction of sp³-hybridized carbons (Fsp3) is 0.812. The third-order valence-electron chi connectivity index (χ3n) is 6.34. The quantitative estimate of drug-likeness (QED) is 0.661. The number of allylic oxidation sites excluding steroid dienone is 1. The van der Waals surface area contributed by atoms with Crippen molar-refractivity contribution >= 4 is 5.97 Å². The van der Waals surface area contributed by atoms with Crippen molar-refractivity contribution in [3.63, 3.8) is 0 Å². The Bertz CT molecular complexity index is 434. The van der Waals surface area contributed by atoms with Gasteiger partial charge in [-0.15, -0.1) is 0 Å². The maximum absolute atomic E-state index is 11.9. The normalized spacial score (nSPS) is 44.4. The van der Waals surface area contributed by atoms with E-state index in [1.165, 1.54) is 32.8 Å². The summed E-state index contributed by atoms with van der Waals surface area (Å²) < 4.78 is 4.96. The van der Waals surface area contributed by atoms with Crippen LogP contribution in [0.2, 0.25) is 0 Å². The summed E-state index contributed by atoms with van der Waals surface area (Å²) in [5, 5.41) is 0. The van der Waals surface area contributed by atoms with Crippen molar-refractivity contribution in [3.8, 4) is 0 Å². The Morgan fingerprint density at radius 1 is 1.33 bits per heavy atom. The third-order valence-corrected chi connectivity index (χ3v) is 6.34. The monoisotopic (exact) mass is 248 g/mol. The predicted octanol–water partition coefficient (Wildman–Crippen LogP) is 3.71. The van der Waals surface area contributed by atoms with Crippen molar-refractivity contribution in [1.82, 2.24) is 0 Å². The molecule has 1 spiro atoms. The molecule has 0 aromatic heterocycles. The molecule has 2 heteroatoms. The summed E-state index contributed by atoms with van der Waals surface area (Å²) in [6, 6.07) is 0. The van der Waals surface area contributed by atoms with Crippen molar-refractivity contribution in [1.29, 1.82) is 0 Å². The van der Waals surface area contributed by atoms with Crippen molar-refractivity contribution in [2.45, 2.75) is 52.9 Å². The van der Waals surface area contributed by atoms with E-state index in [4.69, 9.17) is 4.74 Å². The summed E-state index contributed by atoms with van der Waals surface area (Å²) in [6.45, 7) is 7.26. The highest BCUT2D eigenvalue weighted by atomic mass is 16.5. The highest BCUT2D eigenvalue weighted by Crippen LogP contribution is 2.80. The van der Waals surface area contributed by atoms with E-state index in [1.54, 1.807) is 0 Å². The maximum Gasteiger partial charge on any atom is 0.333 e. The lowest BCUT2D eigenvalue weighted by molar-refractivity contribution is -0.137. The molecule has 0 aromatic rings. The molecule has 0 amide bonds. The summed E-state index contributed by atoms with van der Waals surface area (Å²) >= 11 is 0. The van der Waals surface area contributed by atoms with Crippen LogP contribution in [0.3, 0.4) is 0 Å². The maximum atomic E-state index is 11.9. The third kappa shape index (κ3) is 1.22. The zero-order valence-corrected chi connectivity index (χ0v) is 12.0. The molecule has 2 saturated carbocycles. The van der Waals surface area contributed by atoms with E-state index < -0.39 is 0 Å². The predicted molar refractivity (Wildman–Crippen MR) is 71.0 cm³/mol. The van der Waals surface area contributed by atoms with Gasteiger partial charge in [0.25, 0.3) is 0 Å². The largest absolute Gasteiger partial charge is 0.466 e. The summed E-state index contributed by atoms with van der Waals surface area (Å²) in [4.78, 5) is 11.9. The second kappa shape index (κ2) is 3.40. The Balaban J connectivity index is 2.03. The molecule has 2 fully saturated rings. The van der Waals surface area contributed by atoms with Crippen molar-refractivity contribution in [3.05, 3.63) is 11.6 Å². The van der Waals surface area contributed by atoms with Gasteiger partial charge in [0.05, 0.1) is 7.11 Å². The van der Waals surface area contributed by atoms with Gasteiger partial charge >= 0.3 is 5.97 Å². The van der Waals surface area contributed by atoms with E-state index in [1.807, 2.05) is 0 Å². The van der Waals surface area contributed by atoms with Gasteiger partial charge in [0.1, 0.15) is 0 Å². The van der Waals surface area contributed by atoms with Crippen LogP contribution in [-0.2, 0) is 9.53 Å². The smallest absolute Gasteiger partial charge is 0.333 e. The first-order valence-corrected chi connectivity index (χ1v) is 7.16. The highest BCUT2D eigenvalue weighted by molar-refractivity contribution is 5.90. The second-order valence-corrected chi connectivity index (χ2v) is 7.38. The number of rotatable bonds is 1. The van der Waals surface area contributed by atoms with Gasteiger partial charge in [0.15, 0.2) is 0 Å². The molecule has 3 aliphatic carbocycles. The summed E-state index contributed by atoms with van der Waals surface area (Å²) in [6.07, 6.45) is 8.36. The van der Waals surface area contributed by atoms with Crippen molar-refractivity contribution in [2.75, 3.05) is 7.11 Å². The Kier molecular flexibility index (Phi) is 2.31. The van der Waals surface area contributed by atoms with E-state index >= 15 is 0 Å². The van der Waals surface area contributed by atoms with E-state index in [0.717, 1.165) is 12.0 Å². The van der Waals surface area contributed by atoms with E-state index in [2.05, 4.69) is 26.8 Å². The lowest BCUT2D eigenvalue weighted by Gasteiger charge is -2.54. The van der Waals surface area contributed by atoms with Crippen LogP contribution in [0.5, 0.6) is 0 Å². The number of hydrogen-bond donors (Lipinski definition) is 0. The topological polar surface area (TPSA) is 26.3 Å². The van der Waals surface area contributed by atoms with E-state index in [9.17, 15) is 4.79 Å². The number of hydrogen-bond acceptors (Lipinski definition) is 2. The average Bonchev–Trinajstić information content (AvgIpc) is 3.05. The van der Waals surface area contributed by atoms with Crippen LogP contribution >= 0.6 is 0 Å². The molecule has 2 nitrogen and oxygen atoms in total. The van der Waals surface area contributed by atoms with Gasteiger partial charge in [-0.3, -0.25) is 0 Å². The molecule has 0 aromatic carbocycles. The fourth-order valence-electron chi connectivity index (χ4n) is 5.34. The number of ether oxygens (including phenoxy) is 1. The molecule has 3 rings (SSSR count). The van der Waals surface area contributed by atoms with Crippen LogP contribution in [0.4, 0.5) is 0 Å². The van der Waals surface area contributed by atoms with Crippen LogP contribution < -0.4 is 0 Å². The van der Waals surface area contributed by atoms with Gasteiger partial charge in [0, 0.05) is 5.57 Å². The molecule has 0 heterocycles. The Morgan fingerprint density at radius 2 is 2.06 bits per heavy atom. The molecule has 0 radical (unpaired) electrons. The Labute approximate surface area is 110 Å². The lowest BCUT2D eigenvalue weighted by atomic mass is 9.50. The molecular formula is C16H24O2. The molecule has 0 unspecified atom stereocenters.